The van der Waals surface area contributed by atoms with E-state index >= 15 is 0 Å². The molecule has 19 heavy (non-hydrogen) atoms. The van der Waals surface area contributed by atoms with E-state index in [9.17, 15) is 0 Å². The highest BCUT2D eigenvalue weighted by Gasteiger charge is 1.87. The van der Waals surface area contributed by atoms with Gasteiger partial charge in [0.1, 0.15) is 0 Å². The van der Waals surface area contributed by atoms with Crippen molar-refractivity contribution in [1.82, 2.24) is 0 Å². The molecule has 0 aliphatic carbocycles. The fourth-order valence-corrected chi connectivity index (χ4v) is 1.79. The minimum absolute atomic E-state index is 1.30. The molecule has 0 spiro atoms. The topological polar surface area (TPSA) is 0 Å². The second-order valence-corrected chi connectivity index (χ2v) is 4.52. The molecule has 0 nitrogen and oxygen atoms in total. The van der Waals surface area contributed by atoms with Crippen molar-refractivity contribution in [3.05, 3.63) is 12.2 Å². The van der Waals surface area contributed by atoms with E-state index in [0.717, 1.165) is 0 Å². The van der Waals surface area contributed by atoms with Crippen molar-refractivity contribution in [2.75, 3.05) is 0 Å². The van der Waals surface area contributed by atoms with Gasteiger partial charge in [-0.25, -0.2) is 0 Å². The van der Waals surface area contributed by atoms with Crippen molar-refractivity contribution in [3.8, 4) is 0 Å². The number of unbranched alkanes of at least 4 members (excludes halogenated alkanes) is 9. The average Bonchev–Trinajstić information content (AvgIpc) is 2.49. The molecule has 0 aromatic carbocycles. The van der Waals surface area contributed by atoms with Gasteiger partial charge in [-0.2, -0.15) is 0 Å². The Balaban J connectivity index is -0.000000579. The lowest BCUT2D eigenvalue weighted by Crippen LogP contribution is -1.76. The monoisotopic (exact) mass is 270 g/mol. The van der Waals surface area contributed by atoms with Crippen molar-refractivity contribution >= 4 is 0 Å². The van der Waals surface area contributed by atoms with E-state index in [2.05, 4.69) is 26.0 Å². The summed E-state index contributed by atoms with van der Waals surface area (Å²) in [6.45, 7) is 12.5. The zero-order chi connectivity index (χ0) is 15.2. The lowest BCUT2D eigenvalue weighted by molar-refractivity contribution is 0.636. The second-order valence-electron chi connectivity index (χ2n) is 4.52. The van der Waals surface area contributed by atoms with Crippen LogP contribution in [-0.4, -0.2) is 0 Å². The first-order chi connectivity index (χ1) is 9.41. The molecule has 0 unspecified atom stereocenters. The second kappa shape index (κ2) is 30.6. The molecule has 0 rings (SSSR count). The Hall–Kier alpha value is -0.260. The molecular weight excluding hydrogens is 228 g/mol. The van der Waals surface area contributed by atoms with Crippen LogP contribution in [0.25, 0.3) is 0 Å². The van der Waals surface area contributed by atoms with E-state index in [1.54, 1.807) is 0 Å². The van der Waals surface area contributed by atoms with Crippen molar-refractivity contribution in [2.24, 2.45) is 0 Å². The Morgan fingerprint density at radius 1 is 0.474 bits per heavy atom. The summed E-state index contributed by atoms with van der Waals surface area (Å²) in [5, 5.41) is 0. The smallest absolute Gasteiger partial charge is 0.0351 e. The molecule has 118 valence electrons. The molecule has 0 fully saturated rings. The molecule has 0 bridgehead atoms. The van der Waals surface area contributed by atoms with Gasteiger partial charge in [-0.05, 0) is 25.7 Å². The molecule has 0 aromatic rings. The van der Waals surface area contributed by atoms with Gasteiger partial charge < -0.3 is 0 Å². The minimum Gasteiger partial charge on any atom is -0.0885 e. The molecule has 0 saturated heterocycles. The van der Waals surface area contributed by atoms with Crippen molar-refractivity contribution in [1.29, 1.82) is 0 Å². The summed E-state index contributed by atoms with van der Waals surface area (Å²) in [4.78, 5) is 0. The zero-order valence-electron chi connectivity index (χ0n) is 14.9. The number of rotatable bonds is 11. The van der Waals surface area contributed by atoms with E-state index in [1.807, 2.05) is 27.7 Å². The molecule has 0 amide bonds. The summed E-state index contributed by atoms with van der Waals surface area (Å²) in [5.41, 5.74) is 0. The van der Waals surface area contributed by atoms with Crippen molar-refractivity contribution < 1.29 is 0 Å². The molecule has 0 heteroatoms. The van der Waals surface area contributed by atoms with Crippen molar-refractivity contribution in [2.45, 2.75) is 112 Å². The molecule has 0 saturated carbocycles. The van der Waals surface area contributed by atoms with E-state index in [1.165, 1.54) is 70.6 Å². The maximum Gasteiger partial charge on any atom is -0.0351 e. The Labute approximate surface area is 125 Å². The van der Waals surface area contributed by atoms with Gasteiger partial charge in [0.15, 0.2) is 0 Å². The zero-order valence-corrected chi connectivity index (χ0v) is 14.9. The van der Waals surface area contributed by atoms with E-state index in [0.29, 0.717) is 0 Å². The summed E-state index contributed by atoms with van der Waals surface area (Å²) < 4.78 is 0. The Kier molecular flexibility index (Phi) is 38.4. The predicted octanol–water partition coefficient (Wildman–Crippen LogP) is 7.93. The molecule has 0 radical (unpaired) electrons. The largest absolute Gasteiger partial charge is 0.0885 e. The van der Waals surface area contributed by atoms with Gasteiger partial charge in [0, 0.05) is 0 Å². The van der Waals surface area contributed by atoms with Crippen LogP contribution in [0.4, 0.5) is 0 Å². The fraction of sp³-hybridized carbons (Fsp3) is 0.895. The summed E-state index contributed by atoms with van der Waals surface area (Å²) in [5.74, 6) is 0. The molecular formula is C19H42. The highest BCUT2D eigenvalue weighted by atomic mass is 13.9. The summed E-state index contributed by atoms with van der Waals surface area (Å²) in [6.07, 6.45) is 20.0. The maximum absolute atomic E-state index is 2.39. The average molecular weight is 271 g/mol. The lowest BCUT2D eigenvalue weighted by Gasteiger charge is -1.96. The Morgan fingerprint density at radius 3 is 1.16 bits per heavy atom. The first-order valence-corrected chi connectivity index (χ1v) is 9.06. The Bertz CT molecular complexity index is 124. The minimum atomic E-state index is 1.30. The Morgan fingerprint density at radius 2 is 0.789 bits per heavy atom. The summed E-state index contributed by atoms with van der Waals surface area (Å²) in [6, 6.07) is 0. The molecule has 0 aliphatic rings. The van der Waals surface area contributed by atoms with Crippen molar-refractivity contribution in [3.63, 3.8) is 0 Å². The van der Waals surface area contributed by atoms with Crippen LogP contribution in [-0.2, 0) is 0 Å². The molecule has 0 atom stereocenters. The third kappa shape index (κ3) is 31.9. The van der Waals surface area contributed by atoms with E-state index < -0.39 is 0 Å². The van der Waals surface area contributed by atoms with Crippen LogP contribution in [0, 0.1) is 0 Å². The SMILES string of the molecule is CC.CC.CCCCCC/C=C\CCCCCCC. The highest BCUT2D eigenvalue weighted by Crippen LogP contribution is 2.07. The number of allylic oxidation sites excluding steroid dienone is 2. The molecule has 0 aliphatic heterocycles. The van der Waals surface area contributed by atoms with Gasteiger partial charge >= 0.3 is 0 Å². The molecule has 0 N–H and O–H groups in total. The van der Waals surface area contributed by atoms with Crippen LogP contribution < -0.4 is 0 Å². The predicted molar refractivity (Wildman–Crippen MR) is 94.0 cm³/mol. The first kappa shape index (κ1) is 23.8. The molecule has 0 heterocycles. The quantitative estimate of drug-likeness (QED) is 0.264. The maximum atomic E-state index is 2.39. The van der Waals surface area contributed by atoms with E-state index in [4.69, 9.17) is 0 Å². The van der Waals surface area contributed by atoms with Gasteiger partial charge in [0.2, 0.25) is 0 Å². The van der Waals surface area contributed by atoms with Gasteiger partial charge in [0.05, 0.1) is 0 Å². The summed E-state index contributed by atoms with van der Waals surface area (Å²) in [7, 11) is 0. The normalized spacial score (nSPS) is 9.58. The summed E-state index contributed by atoms with van der Waals surface area (Å²) >= 11 is 0. The van der Waals surface area contributed by atoms with Gasteiger partial charge in [-0.15, -0.1) is 0 Å². The lowest BCUT2D eigenvalue weighted by atomic mass is 10.1. The highest BCUT2D eigenvalue weighted by molar-refractivity contribution is 4.81. The van der Waals surface area contributed by atoms with Crippen LogP contribution in [0.2, 0.25) is 0 Å². The van der Waals surface area contributed by atoms with Crippen LogP contribution in [0.3, 0.4) is 0 Å². The third-order valence-electron chi connectivity index (χ3n) is 2.87. The fourth-order valence-electron chi connectivity index (χ4n) is 1.79. The van der Waals surface area contributed by atoms with Crippen LogP contribution in [0.15, 0.2) is 12.2 Å². The van der Waals surface area contributed by atoms with Crippen LogP contribution in [0.1, 0.15) is 112 Å². The van der Waals surface area contributed by atoms with Gasteiger partial charge in [-0.3, -0.25) is 0 Å². The number of hydrogen-bond acceptors (Lipinski definition) is 0. The standard InChI is InChI=1S/C15H30.2C2H6/c1-3-5-7-9-11-13-15-14-12-10-8-6-4-2;2*1-2/h13,15H,3-12,14H2,1-2H3;2*1-2H3/b15-13-;;. The van der Waals surface area contributed by atoms with Crippen LogP contribution in [0.5, 0.6) is 0 Å². The van der Waals surface area contributed by atoms with E-state index in [-0.39, 0.29) is 0 Å². The third-order valence-corrected chi connectivity index (χ3v) is 2.87. The van der Waals surface area contributed by atoms with Gasteiger partial charge in [-0.1, -0.05) is 98.6 Å². The van der Waals surface area contributed by atoms with Crippen LogP contribution >= 0.6 is 0 Å². The van der Waals surface area contributed by atoms with Gasteiger partial charge in [0.25, 0.3) is 0 Å². The number of hydrogen-bond donors (Lipinski definition) is 0. The molecule has 0 aromatic heterocycles. The first-order valence-electron chi connectivity index (χ1n) is 9.06.